The first-order valence-electron chi connectivity index (χ1n) is 10.6. The standard InChI is InChI=1S/C25H25N2O2S/c1-2-3-8-19-16-29-22-11-6-9-20-23(13-15-26(19)25(20)22)30-17-24(28)27-14-12-18-7-4-5-10-21(18)27/h4-7,9-15,19H,2-3,8,16-17H2,1H3/q+1. The molecule has 0 aliphatic carbocycles. The normalized spacial score (nSPS) is 15.4. The number of hydrogen-bond acceptors (Lipinski definition) is 3. The minimum Gasteiger partial charge on any atom is -0.480 e. The Kier molecular flexibility index (Phi) is 5.21. The van der Waals surface area contributed by atoms with E-state index in [1.54, 1.807) is 16.3 Å². The lowest BCUT2D eigenvalue weighted by Crippen LogP contribution is -2.46. The summed E-state index contributed by atoms with van der Waals surface area (Å²) in [5, 5.41) is 2.25. The van der Waals surface area contributed by atoms with Gasteiger partial charge in [-0.25, -0.2) is 0 Å². The first kappa shape index (κ1) is 19.2. The summed E-state index contributed by atoms with van der Waals surface area (Å²) in [6.45, 7) is 2.95. The third kappa shape index (κ3) is 3.37. The van der Waals surface area contributed by atoms with Crippen LogP contribution in [0, 0.1) is 0 Å². The molecule has 4 nitrogen and oxygen atoms in total. The Morgan fingerprint density at radius 3 is 2.97 bits per heavy atom. The van der Waals surface area contributed by atoms with Crippen molar-refractivity contribution in [1.82, 2.24) is 4.57 Å². The van der Waals surface area contributed by atoms with Crippen molar-refractivity contribution in [2.75, 3.05) is 12.4 Å². The second-order valence-electron chi connectivity index (χ2n) is 7.77. The van der Waals surface area contributed by atoms with Crippen LogP contribution in [-0.4, -0.2) is 22.8 Å². The second kappa shape index (κ2) is 8.15. The average molecular weight is 418 g/mol. The quantitative estimate of drug-likeness (QED) is 0.301. The van der Waals surface area contributed by atoms with E-state index in [1.807, 2.05) is 48.7 Å². The highest BCUT2D eigenvalue weighted by molar-refractivity contribution is 8.00. The lowest BCUT2D eigenvalue weighted by Gasteiger charge is -2.21. The number of carbonyl (C=O) groups is 1. The molecule has 1 unspecified atom stereocenters. The van der Waals surface area contributed by atoms with Gasteiger partial charge in [-0.1, -0.05) is 37.6 Å². The summed E-state index contributed by atoms with van der Waals surface area (Å²) in [5.74, 6) is 1.42. The third-order valence-corrected chi connectivity index (χ3v) is 6.90. The number of para-hydroxylation sites is 2. The highest BCUT2D eigenvalue weighted by Gasteiger charge is 2.30. The monoisotopic (exact) mass is 417 g/mol. The Hall–Kier alpha value is -2.79. The van der Waals surface area contributed by atoms with Crippen molar-refractivity contribution in [3.8, 4) is 5.75 Å². The van der Waals surface area contributed by atoms with Gasteiger partial charge in [0.1, 0.15) is 0 Å². The van der Waals surface area contributed by atoms with E-state index >= 15 is 0 Å². The molecular formula is C25H25N2O2S+. The molecule has 4 aromatic rings. The first-order valence-corrected chi connectivity index (χ1v) is 11.6. The molecule has 0 bridgehead atoms. The van der Waals surface area contributed by atoms with Crippen LogP contribution >= 0.6 is 11.8 Å². The van der Waals surface area contributed by atoms with Crippen molar-refractivity contribution in [1.29, 1.82) is 0 Å². The van der Waals surface area contributed by atoms with Crippen LogP contribution in [0.2, 0.25) is 0 Å². The molecule has 5 heteroatoms. The van der Waals surface area contributed by atoms with Gasteiger partial charge in [0.15, 0.2) is 24.6 Å². The number of nitrogens with zero attached hydrogens (tertiary/aromatic N) is 2. The maximum Gasteiger partial charge on any atom is 0.256 e. The third-order valence-electron chi connectivity index (χ3n) is 5.84. The summed E-state index contributed by atoms with van der Waals surface area (Å²) in [6.07, 6.45) is 7.54. The van der Waals surface area contributed by atoms with Crippen LogP contribution in [0.4, 0.5) is 0 Å². The molecule has 0 saturated carbocycles. The number of fused-ring (bicyclic) bond motifs is 1. The smallest absolute Gasteiger partial charge is 0.256 e. The fourth-order valence-electron chi connectivity index (χ4n) is 4.28. The molecule has 0 radical (unpaired) electrons. The zero-order valence-electron chi connectivity index (χ0n) is 17.1. The van der Waals surface area contributed by atoms with Gasteiger partial charge in [-0.15, -0.1) is 11.8 Å². The number of thioether (sulfide) groups is 1. The molecule has 30 heavy (non-hydrogen) atoms. The van der Waals surface area contributed by atoms with E-state index in [0.717, 1.165) is 45.5 Å². The minimum absolute atomic E-state index is 0.0893. The Bertz CT molecular complexity index is 1230. The van der Waals surface area contributed by atoms with Crippen LogP contribution in [0.5, 0.6) is 5.75 Å². The van der Waals surface area contributed by atoms with Crippen molar-refractivity contribution in [2.45, 2.75) is 37.1 Å². The van der Waals surface area contributed by atoms with Gasteiger partial charge in [0.05, 0.1) is 16.7 Å². The number of rotatable bonds is 6. The van der Waals surface area contributed by atoms with Crippen LogP contribution in [0.25, 0.3) is 21.8 Å². The predicted molar refractivity (Wildman–Crippen MR) is 121 cm³/mol. The zero-order valence-corrected chi connectivity index (χ0v) is 17.9. The van der Waals surface area contributed by atoms with E-state index in [1.165, 1.54) is 12.8 Å². The van der Waals surface area contributed by atoms with Crippen LogP contribution in [-0.2, 0) is 0 Å². The Morgan fingerprint density at radius 2 is 2.07 bits per heavy atom. The summed E-state index contributed by atoms with van der Waals surface area (Å²) in [6, 6.07) is 18.7. The molecule has 2 aromatic carbocycles. The summed E-state index contributed by atoms with van der Waals surface area (Å²) in [5.41, 5.74) is 2.11. The molecule has 152 valence electrons. The Balaban J connectivity index is 1.43. The van der Waals surface area contributed by atoms with Crippen LogP contribution in [0.15, 0.2) is 71.9 Å². The maximum absolute atomic E-state index is 12.9. The number of ether oxygens (including phenoxy) is 1. The number of carbonyl (C=O) groups excluding carboxylic acids is 1. The van der Waals surface area contributed by atoms with Gasteiger partial charge < -0.3 is 4.74 Å². The molecule has 3 heterocycles. The van der Waals surface area contributed by atoms with Crippen LogP contribution < -0.4 is 9.30 Å². The summed E-state index contributed by atoms with van der Waals surface area (Å²) < 4.78 is 10.2. The van der Waals surface area contributed by atoms with Gasteiger partial charge in [0.2, 0.25) is 5.91 Å². The largest absolute Gasteiger partial charge is 0.480 e. The molecule has 1 aliphatic rings. The molecule has 0 spiro atoms. The van der Waals surface area contributed by atoms with Crippen LogP contribution in [0.1, 0.15) is 37.0 Å². The van der Waals surface area contributed by atoms with Gasteiger partial charge in [-0.3, -0.25) is 9.36 Å². The molecule has 0 amide bonds. The summed E-state index contributed by atoms with van der Waals surface area (Å²) in [4.78, 5) is 14.0. The Morgan fingerprint density at radius 1 is 1.17 bits per heavy atom. The first-order chi connectivity index (χ1) is 14.8. The molecule has 0 fully saturated rings. The second-order valence-corrected chi connectivity index (χ2v) is 8.79. The van der Waals surface area contributed by atoms with Crippen molar-refractivity contribution in [3.63, 3.8) is 0 Å². The van der Waals surface area contributed by atoms with Crippen molar-refractivity contribution in [2.24, 2.45) is 0 Å². The van der Waals surface area contributed by atoms with Gasteiger partial charge in [0, 0.05) is 29.0 Å². The Labute approximate surface area is 180 Å². The zero-order chi connectivity index (χ0) is 20.5. The van der Waals surface area contributed by atoms with E-state index in [4.69, 9.17) is 4.74 Å². The summed E-state index contributed by atoms with van der Waals surface area (Å²) in [7, 11) is 0. The van der Waals surface area contributed by atoms with E-state index in [-0.39, 0.29) is 5.91 Å². The lowest BCUT2D eigenvalue weighted by atomic mass is 10.1. The van der Waals surface area contributed by atoms with Gasteiger partial charge in [-0.2, -0.15) is 4.57 Å². The molecule has 1 atom stereocenters. The number of pyridine rings is 1. The van der Waals surface area contributed by atoms with Crippen molar-refractivity contribution >= 4 is 39.5 Å². The number of benzene rings is 2. The average Bonchev–Trinajstić information content (AvgIpc) is 3.22. The number of aromatic nitrogens is 2. The van der Waals surface area contributed by atoms with Gasteiger partial charge in [-0.05, 0) is 30.7 Å². The van der Waals surface area contributed by atoms with Crippen molar-refractivity contribution in [3.05, 3.63) is 67.0 Å². The van der Waals surface area contributed by atoms with Gasteiger partial charge >= 0.3 is 0 Å². The highest BCUT2D eigenvalue weighted by Crippen LogP contribution is 2.34. The molecule has 0 N–H and O–H groups in total. The SMILES string of the molecule is CCCCC1COc2cccc3c(SCC(=O)n4ccc5ccccc54)cc[n+]1c23. The molecule has 2 aromatic heterocycles. The van der Waals surface area contributed by atoms with Crippen molar-refractivity contribution < 1.29 is 14.1 Å². The predicted octanol–water partition coefficient (Wildman–Crippen LogP) is 5.64. The van der Waals surface area contributed by atoms with E-state index < -0.39 is 0 Å². The molecular weight excluding hydrogens is 392 g/mol. The van der Waals surface area contributed by atoms with E-state index in [9.17, 15) is 4.79 Å². The lowest BCUT2D eigenvalue weighted by molar-refractivity contribution is -0.704. The van der Waals surface area contributed by atoms with Crippen LogP contribution in [0.3, 0.4) is 0 Å². The molecule has 1 aliphatic heterocycles. The number of hydrogen-bond donors (Lipinski definition) is 0. The topological polar surface area (TPSA) is 35.1 Å². The maximum atomic E-state index is 12.9. The fraction of sp³-hybridized carbons (Fsp3) is 0.280. The number of unbranched alkanes of at least 4 members (excludes halogenated alkanes) is 1. The van der Waals surface area contributed by atoms with E-state index in [0.29, 0.717) is 11.8 Å². The fourth-order valence-corrected chi connectivity index (χ4v) is 5.18. The molecule has 0 saturated heterocycles. The molecule has 5 rings (SSSR count). The minimum atomic E-state index is 0.0893. The summed E-state index contributed by atoms with van der Waals surface area (Å²) >= 11 is 1.60. The highest BCUT2D eigenvalue weighted by atomic mass is 32.2. The van der Waals surface area contributed by atoms with Gasteiger partial charge in [0.25, 0.3) is 5.52 Å². The van der Waals surface area contributed by atoms with E-state index in [2.05, 4.69) is 29.8 Å².